The lowest BCUT2D eigenvalue weighted by atomic mass is 9.84. The number of allylic oxidation sites excluding steroid dienone is 12. The predicted octanol–water partition coefficient (Wildman–Crippen LogP) is 8.20. The summed E-state index contributed by atoms with van der Waals surface area (Å²) in [6.07, 6.45) is 5.99. The molecule has 7 nitrogen and oxygen atoms in total. The Balaban J connectivity index is 1.42. The maximum absolute atomic E-state index is 12.5. The number of hydrogen-bond acceptors (Lipinski definition) is 7. The van der Waals surface area contributed by atoms with E-state index in [0.29, 0.717) is 18.6 Å². The highest BCUT2D eigenvalue weighted by atomic mass is 16.5. The van der Waals surface area contributed by atoms with E-state index < -0.39 is 0 Å². The van der Waals surface area contributed by atoms with Crippen molar-refractivity contribution in [3.05, 3.63) is 126 Å². The van der Waals surface area contributed by atoms with Gasteiger partial charge in [0.2, 0.25) is 0 Å². The Morgan fingerprint density at radius 2 is 1.71 bits per heavy atom. The Bertz CT molecular complexity index is 2200. The van der Waals surface area contributed by atoms with Crippen molar-refractivity contribution in [3.8, 4) is 11.8 Å². The van der Waals surface area contributed by atoms with Gasteiger partial charge in [-0.05, 0) is 92.5 Å². The molecule has 246 valence electrons. The molecule has 0 aromatic heterocycles. The Labute approximate surface area is 287 Å². The number of aliphatic hydroxyl groups is 1. The van der Waals surface area contributed by atoms with Crippen LogP contribution < -0.4 is 5.32 Å². The third-order valence-electron chi connectivity index (χ3n) is 11.2. The topological polar surface area (TPSA) is 95.6 Å². The Morgan fingerprint density at radius 1 is 0.939 bits per heavy atom. The van der Waals surface area contributed by atoms with Crippen molar-refractivity contribution in [2.45, 2.75) is 73.1 Å². The first kappa shape index (κ1) is 31.1. The summed E-state index contributed by atoms with van der Waals surface area (Å²) < 4.78 is 5.07. The summed E-state index contributed by atoms with van der Waals surface area (Å²) in [5, 5.41) is 15.3. The average molecular weight is 649 g/mol. The molecule has 0 radical (unpaired) electrons. The van der Waals surface area contributed by atoms with E-state index in [0.717, 1.165) is 98.3 Å². The second-order valence-electron chi connectivity index (χ2n) is 13.7. The number of esters is 1. The van der Waals surface area contributed by atoms with Crippen molar-refractivity contribution in [3.63, 3.8) is 0 Å². The number of hydrogen-bond donors (Lipinski definition) is 2. The molecule has 2 atom stereocenters. The number of ether oxygens (including phenoxy) is 1. The fraction of sp³-hybridized carbons (Fsp3) is 0.333. The Kier molecular flexibility index (Phi) is 7.44. The van der Waals surface area contributed by atoms with E-state index in [9.17, 15) is 9.90 Å². The third kappa shape index (κ3) is 4.80. The summed E-state index contributed by atoms with van der Waals surface area (Å²) in [7, 11) is 1.43. The fourth-order valence-electron chi connectivity index (χ4n) is 8.49. The molecule has 8 bridgehead atoms. The monoisotopic (exact) mass is 648 g/mol. The van der Waals surface area contributed by atoms with Gasteiger partial charge in [-0.3, -0.25) is 4.79 Å². The summed E-state index contributed by atoms with van der Waals surface area (Å²) in [5.74, 6) is 7.04. The Hall–Kier alpha value is -5.22. The van der Waals surface area contributed by atoms with Crippen LogP contribution in [0.1, 0.15) is 78.7 Å². The van der Waals surface area contributed by atoms with Gasteiger partial charge in [-0.1, -0.05) is 43.9 Å². The van der Waals surface area contributed by atoms with E-state index in [2.05, 4.69) is 50.9 Å². The first-order valence-corrected chi connectivity index (χ1v) is 17.3. The zero-order valence-corrected chi connectivity index (χ0v) is 29.0. The van der Waals surface area contributed by atoms with Crippen LogP contribution in [0.2, 0.25) is 0 Å². The van der Waals surface area contributed by atoms with Gasteiger partial charge in [0, 0.05) is 58.4 Å². The first-order valence-electron chi connectivity index (χ1n) is 17.3. The van der Waals surface area contributed by atoms with Gasteiger partial charge < -0.3 is 15.2 Å². The number of rotatable bonds is 4. The zero-order valence-electron chi connectivity index (χ0n) is 29.0. The van der Waals surface area contributed by atoms with Crippen LogP contribution in [0.4, 0.5) is 0 Å². The molecule has 5 heterocycles. The molecule has 1 saturated heterocycles. The minimum atomic E-state index is -0.242. The molecule has 7 heteroatoms. The van der Waals surface area contributed by atoms with Crippen LogP contribution in [0, 0.1) is 23.7 Å². The number of benzene rings is 1. The highest BCUT2D eigenvalue weighted by Gasteiger charge is 2.43. The quantitative estimate of drug-likeness (QED) is 0.254. The van der Waals surface area contributed by atoms with Crippen LogP contribution in [-0.4, -0.2) is 35.3 Å². The Morgan fingerprint density at radius 3 is 2.47 bits per heavy atom. The highest BCUT2D eigenvalue weighted by molar-refractivity contribution is 6.23. The van der Waals surface area contributed by atoms with E-state index in [-0.39, 0.29) is 24.2 Å². The van der Waals surface area contributed by atoms with E-state index in [1.807, 2.05) is 37.3 Å². The zero-order chi connectivity index (χ0) is 34.1. The molecule has 5 aliphatic heterocycles. The normalized spacial score (nSPS) is 23.8. The second-order valence-corrected chi connectivity index (χ2v) is 13.7. The van der Waals surface area contributed by atoms with Crippen LogP contribution >= 0.6 is 0 Å². The van der Waals surface area contributed by atoms with E-state index in [1.54, 1.807) is 0 Å². The lowest BCUT2D eigenvalue weighted by Gasteiger charge is -2.17. The molecular formula is C42H40N4O3. The summed E-state index contributed by atoms with van der Waals surface area (Å²) >= 11 is 0. The molecule has 0 unspecified atom stereocenters. The summed E-state index contributed by atoms with van der Waals surface area (Å²) in [6.45, 7) is 10.8. The summed E-state index contributed by atoms with van der Waals surface area (Å²) in [5.41, 5.74) is 18.0. The van der Waals surface area contributed by atoms with Crippen molar-refractivity contribution in [2.24, 2.45) is 26.8 Å². The van der Waals surface area contributed by atoms with Crippen LogP contribution in [0.5, 0.6) is 0 Å². The maximum Gasteiger partial charge on any atom is 0.305 e. The second kappa shape index (κ2) is 11.7. The van der Waals surface area contributed by atoms with Crippen molar-refractivity contribution in [1.82, 2.24) is 5.32 Å². The molecular weight excluding hydrogens is 608 g/mol. The van der Waals surface area contributed by atoms with Crippen molar-refractivity contribution in [2.75, 3.05) is 7.11 Å². The number of aliphatic hydroxyl groups excluding tert-OH is 1. The van der Waals surface area contributed by atoms with Gasteiger partial charge in [0.25, 0.3) is 0 Å². The lowest BCUT2D eigenvalue weighted by molar-refractivity contribution is -0.140. The van der Waals surface area contributed by atoms with Crippen molar-refractivity contribution < 1.29 is 14.6 Å². The molecule has 1 fully saturated rings. The van der Waals surface area contributed by atoms with Crippen LogP contribution in [0.15, 0.2) is 136 Å². The number of fused-ring (bicyclic) bond motifs is 5. The summed E-state index contributed by atoms with van der Waals surface area (Å²) in [6, 6.07) is 10.0. The molecule has 7 aliphatic rings. The van der Waals surface area contributed by atoms with Crippen LogP contribution in [-0.2, 0) is 9.53 Å². The predicted molar refractivity (Wildman–Crippen MR) is 194 cm³/mol. The fourth-order valence-corrected chi connectivity index (χ4v) is 8.49. The maximum atomic E-state index is 12.5. The van der Waals surface area contributed by atoms with E-state index >= 15 is 0 Å². The third-order valence-corrected chi connectivity index (χ3v) is 11.2. The van der Waals surface area contributed by atoms with Gasteiger partial charge in [0.1, 0.15) is 5.76 Å². The van der Waals surface area contributed by atoms with Gasteiger partial charge >= 0.3 is 5.97 Å². The van der Waals surface area contributed by atoms with Gasteiger partial charge in [0.15, 0.2) is 0 Å². The van der Waals surface area contributed by atoms with Crippen molar-refractivity contribution in [1.29, 1.82) is 0 Å². The SMILES string of the molecule is CCC1=C(C)C2=NC1=CC1=C(C)C3=C(O)CC(=C4NC(=C(C#Cc5ccccc5)C5=NC6=C2CCC6=C5C)[C@@H](C)[C@@H]4CCC(=O)OC)C3=N1. The molecule has 2 aliphatic carbocycles. The average Bonchev–Trinajstić information content (AvgIpc) is 3.93. The van der Waals surface area contributed by atoms with Crippen LogP contribution in [0.3, 0.4) is 0 Å². The smallest absolute Gasteiger partial charge is 0.305 e. The molecule has 0 amide bonds. The molecule has 49 heavy (non-hydrogen) atoms. The largest absolute Gasteiger partial charge is 0.511 e. The minimum absolute atomic E-state index is 0.0150. The molecule has 0 saturated carbocycles. The number of carbonyl (C=O) groups is 1. The number of nitrogens with zero attached hydrogens (tertiary/aromatic N) is 3. The number of aliphatic imine (C=N–C) groups is 3. The molecule has 8 rings (SSSR count). The first-order chi connectivity index (χ1) is 23.7. The van der Waals surface area contributed by atoms with Crippen LogP contribution in [0.25, 0.3) is 0 Å². The van der Waals surface area contributed by atoms with E-state index in [4.69, 9.17) is 19.7 Å². The molecule has 1 aromatic rings. The highest BCUT2D eigenvalue weighted by Crippen LogP contribution is 2.49. The van der Waals surface area contributed by atoms with Crippen molar-refractivity contribution >= 4 is 23.1 Å². The van der Waals surface area contributed by atoms with Gasteiger partial charge in [-0.2, -0.15) is 0 Å². The summed E-state index contributed by atoms with van der Waals surface area (Å²) in [4.78, 5) is 28.4. The number of nitrogens with one attached hydrogen (secondary N) is 1. The van der Waals surface area contributed by atoms with Gasteiger partial charge in [-0.15, -0.1) is 0 Å². The minimum Gasteiger partial charge on any atom is -0.511 e. The molecule has 1 aromatic carbocycles. The number of carbonyl (C=O) groups excluding carboxylic acids is 1. The van der Waals surface area contributed by atoms with Gasteiger partial charge in [-0.25, -0.2) is 15.0 Å². The number of methoxy groups -OCH3 is 1. The molecule has 0 spiro atoms. The van der Waals surface area contributed by atoms with E-state index in [1.165, 1.54) is 29.4 Å². The molecule has 2 N–H and O–H groups in total. The lowest BCUT2D eigenvalue weighted by Crippen LogP contribution is -2.16. The standard InChI is InChI=1S/C42H40N4O3/c1-7-26-21(2)37-30-16-15-27-22(3)38(45-40(27)30)29(14-13-25-11-9-8-10-12-25)39-23(4)28(17-18-35(48)49-6)41(46-39)31-19-34(47)36-24(5)32(43-42(31)36)20-33(26)44-37/h8-12,20,23,28,46-47H,7,15-19H2,1-6H3/t23-,28-/m0/s1. The van der Waals surface area contributed by atoms with Gasteiger partial charge in [0.05, 0.1) is 46.9 Å².